The number of imide groups is 1. The third-order valence-corrected chi connectivity index (χ3v) is 5.62. The van der Waals surface area contributed by atoms with Crippen LogP contribution >= 0.6 is 11.6 Å². The van der Waals surface area contributed by atoms with Crippen LogP contribution in [0, 0.1) is 5.82 Å². The van der Waals surface area contributed by atoms with Crippen molar-refractivity contribution < 1.29 is 18.9 Å². The van der Waals surface area contributed by atoms with Crippen LogP contribution in [0.25, 0.3) is 0 Å². The summed E-state index contributed by atoms with van der Waals surface area (Å²) < 4.78 is 13.5. The summed E-state index contributed by atoms with van der Waals surface area (Å²) in [5, 5.41) is 0.713. The van der Waals surface area contributed by atoms with Crippen LogP contribution in [-0.2, 0) is 9.59 Å². The molecule has 0 unspecified atom stereocenters. The fraction of sp³-hybridized carbons (Fsp3) is 0.300. The predicted molar refractivity (Wildman–Crippen MR) is 102 cm³/mol. The summed E-state index contributed by atoms with van der Waals surface area (Å²) in [6.45, 7) is 3.01. The Morgan fingerprint density at radius 3 is 2.48 bits per heavy atom. The number of quaternary nitrogens is 1. The third kappa shape index (κ3) is 3.42. The molecule has 2 aliphatic heterocycles. The monoisotopic (exact) mass is 388 g/mol. The average molecular weight is 389 g/mol. The van der Waals surface area contributed by atoms with Crippen LogP contribution in [-0.4, -0.2) is 44.0 Å². The number of nitrogens with one attached hydrogen (secondary N) is 1. The second-order valence-corrected chi connectivity index (χ2v) is 7.31. The van der Waals surface area contributed by atoms with Gasteiger partial charge in [-0.2, -0.15) is 0 Å². The first-order valence-corrected chi connectivity index (χ1v) is 9.39. The summed E-state index contributed by atoms with van der Waals surface area (Å²) in [7, 11) is 0. The molecule has 1 atom stereocenters. The molecule has 2 aromatic carbocycles. The molecule has 2 saturated heterocycles. The average Bonchev–Trinajstić information content (AvgIpc) is 2.96. The lowest BCUT2D eigenvalue weighted by Crippen LogP contribution is -3.19. The highest BCUT2D eigenvalue weighted by Crippen LogP contribution is 2.26. The zero-order chi connectivity index (χ0) is 19.0. The first kappa shape index (κ1) is 17.9. The highest BCUT2D eigenvalue weighted by atomic mass is 35.5. The predicted octanol–water partition coefficient (Wildman–Crippen LogP) is 1.52. The van der Waals surface area contributed by atoms with E-state index in [9.17, 15) is 14.0 Å². The number of benzene rings is 2. The van der Waals surface area contributed by atoms with Gasteiger partial charge in [-0.3, -0.25) is 9.59 Å². The molecular formula is C20H20ClFN3O2+. The molecule has 140 valence electrons. The minimum Gasteiger partial charge on any atom is -0.359 e. The molecule has 2 amide bonds. The summed E-state index contributed by atoms with van der Waals surface area (Å²) in [6, 6.07) is 12.9. The molecule has 5 nitrogen and oxygen atoms in total. The van der Waals surface area contributed by atoms with E-state index < -0.39 is 11.9 Å². The highest BCUT2D eigenvalue weighted by molar-refractivity contribution is 6.33. The molecule has 0 saturated carbocycles. The molecule has 27 heavy (non-hydrogen) atoms. The summed E-state index contributed by atoms with van der Waals surface area (Å²) in [5.74, 6) is -0.972. The minimum absolute atomic E-state index is 0.163. The van der Waals surface area contributed by atoms with Crippen molar-refractivity contribution in [3.8, 4) is 0 Å². The second-order valence-electron chi connectivity index (χ2n) is 6.90. The maximum atomic E-state index is 13.5. The van der Waals surface area contributed by atoms with E-state index in [0.29, 0.717) is 10.7 Å². The van der Waals surface area contributed by atoms with Gasteiger partial charge in [0, 0.05) is 0 Å². The molecule has 0 bridgehead atoms. The van der Waals surface area contributed by atoms with E-state index in [0.717, 1.165) is 41.7 Å². The van der Waals surface area contributed by atoms with Crippen molar-refractivity contribution in [2.75, 3.05) is 36.0 Å². The van der Waals surface area contributed by atoms with Crippen LogP contribution in [0.1, 0.15) is 6.42 Å². The van der Waals surface area contributed by atoms with Crippen molar-refractivity contribution in [3.63, 3.8) is 0 Å². The minimum atomic E-state index is -0.461. The fourth-order valence-electron chi connectivity index (χ4n) is 3.93. The lowest BCUT2D eigenvalue weighted by molar-refractivity contribution is -0.915. The Labute approximate surface area is 161 Å². The van der Waals surface area contributed by atoms with Gasteiger partial charge in [-0.15, -0.1) is 0 Å². The molecular weight excluding hydrogens is 369 g/mol. The normalized spacial score (nSPS) is 21.2. The van der Waals surface area contributed by atoms with Crippen LogP contribution in [0.3, 0.4) is 0 Å². The van der Waals surface area contributed by atoms with Gasteiger partial charge in [0.2, 0.25) is 5.91 Å². The summed E-state index contributed by atoms with van der Waals surface area (Å²) in [4.78, 5) is 29.7. The Bertz CT molecular complexity index is 883. The van der Waals surface area contributed by atoms with E-state index in [-0.39, 0.29) is 18.2 Å². The molecule has 0 radical (unpaired) electrons. The number of halogens is 2. The van der Waals surface area contributed by atoms with Crippen molar-refractivity contribution in [1.29, 1.82) is 0 Å². The quantitative estimate of drug-likeness (QED) is 0.811. The van der Waals surface area contributed by atoms with Crippen LogP contribution < -0.4 is 14.7 Å². The highest BCUT2D eigenvalue weighted by Gasteiger charge is 2.46. The van der Waals surface area contributed by atoms with Gasteiger partial charge >= 0.3 is 0 Å². The standard InChI is InChI=1S/C20H19ClFN3O2/c21-16-6-1-2-7-17(16)23-8-10-24(11-9-23)18-13-19(26)25(20(18)27)15-5-3-4-14(22)12-15/h1-7,12,18H,8-11,13H2/p+1/t18-/m1/s1. The molecule has 0 spiro atoms. The summed E-state index contributed by atoms with van der Waals surface area (Å²) in [5.41, 5.74) is 1.30. The Morgan fingerprint density at radius 2 is 1.78 bits per heavy atom. The SMILES string of the molecule is O=C1C[C@@H]([NH+]2CCN(c3ccccc3Cl)CC2)C(=O)N1c1cccc(F)c1. The van der Waals surface area contributed by atoms with E-state index in [4.69, 9.17) is 11.6 Å². The number of rotatable bonds is 3. The summed E-state index contributed by atoms with van der Waals surface area (Å²) in [6.07, 6.45) is 0.163. The van der Waals surface area contributed by atoms with Gasteiger partial charge in [0.05, 0.1) is 49.0 Å². The van der Waals surface area contributed by atoms with Crippen LogP contribution in [0.4, 0.5) is 15.8 Å². The Morgan fingerprint density at radius 1 is 1.04 bits per heavy atom. The second kappa shape index (κ2) is 7.29. The number of carbonyl (C=O) groups excluding carboxylic acids is 2. The van der Waals surface area contributed by atoms with Gasteiger partial charge in [-0.25, -0.2) is 9.29 Å². The molecule has 2 heterocycles. The first-order chi connectivity index (χ1) is 13.0. The molecule has 1 N–H and O–H groups in total. The Hall–Kier alpha value is -2.44. The zero-order valence-corrected chi connectivity index (χ0v) is 15.5. The molecule has 2 aliphatic rings. The maximum absolute atomic E-state index is 13.5. The third-order valence-electron chi connectivity index (χ3n) is 5.30. The zero-order valence-electron chi connectivity index (χ0n) is 14.7. The number of carbonyl (C=O) groups is 2. The van der Waals surface area contributed by atoms with Gasteiger partial charge in [0.15, 0.2) is 6.04 Å². The lowest BCUT2D eigenvalue weighted by Gasteiger charge is -2.36. The van der Waals surface area contributed by atoms with Gasteiger partial charge < -0.3 is 9.80 Å². The molecule has 0 aliphatic carbocycles. The molecule has 4 rings (SSSR count). The van der Waals surface area contributed by atoms with Crippen molar-refractivity contribution in [2.24, 2.45) is 0 Å². The number of nitrogens with zero attached hydrogens (tertiary/aromatic N) is 2. The number of hydrogen-bond donors (Lipinski definition) is 1. The van der Waals surface area contributed by atoms with Gasteiger partial charge in [-0.1, -0.05) is 29.8 Å². The van der Waals surface area contributed by atoms with Crippen LogP contribution in [0.5, 0.6) is 0 Å². The van der Waals surface area contributed by atoms with Crippen molar-refractivity contribution in [1.82, 2.24) is 0 Å². The first-order valence-electron chi connectivity index (χ1n) is 9.01. The topological polar surface area (TPSA) is 45.1 Å². The van der Waals surface area contributed by atoms with Crippen LogP contribution in [0.15, 0.2) is 48.5 Å². The maximum Gasteiger partial charge on any atom is 0.292 e. The number of amides is 2. The van der Waals surface area contributed by atoms with Crippen LogP contribution in [0.2, 0.25) is 5.02 Å². The van der Waals surface area contributed by atoms with E-state index >= 15 is 0 Å². The van der Waals surface area contributed by atoms with E-state index in [2.05, 4.69) is 4.90 Å². The fourth-order valence-corrected chi connectivity index (χ4v) is 4.18. The van der Waals surface area contributed by atoms with Gasteiger partial charge in [-0.05, 0) is 30.3 Å². The lowest BCUT2D eigenvalue weighted by atomic mass is 10.1. The molecule has 2 fully saturated rings. The number of para-hydroxylation sites is 1. The molecule has 0 aromatic heterocycles. The Balaban J connectivity index is 1.45. The molecule has 2 aromatic rings. The summed E-state index contributed by atoms with van der Waals surface area (Å²) >= 11 is 6.28. The van der Waals surface area contributed by atoms with Crippen molar-refractivity contribution in [3.05, 3.63) is 59.4 Å². The van der Waals surface area contributed by atoms with E-state index in [1.54, 1.807) is 6.07 Å². The van der Waals surface area contributed by atoms with Crippen molar-refractivity contribution >= 4 is 34.8 Å². The van der Waals surface area contributed by atoms with Crippen molar-refractivity contribution in [2.45, 2.75) is 12.5 Å². The number of hydrogen-bond acceptors (Lipinski definition) is 3. The van der Waals surface area contributed by atoms with Gasteiger partial charge in [0.1, 0.15) is 5.82 Å². The Kier molecular flexibility index (Phi) is 4.85. The number of anilines is 2. The number of piperazine rings is 1. The van der Waals surface area contributed by atoms with E-state index in [1.165, 1.54) is 18.2 Å². The molecule has 7 heteroatoms. The van der Waals surface area contributed by atoms with Gasteiger partial charge in [0.25, 0.3) is 5.91 Å². The largest absolute Gasteiger partial charge is 0.359 e. The smallest absolute Gasteiger partial charge is 0.292 e. The van der Waals surface area contributed by atoms with E-state index in [1.807, 2.05) is 24.3 Å².